The molecule has 10 nitrogen and oxygen atoms in total. The molecule has 7 rings (SSSR count). The van der Waals surface area contributed by atoms with Crippen LogP contribution in [0, 0.1) is 11.8 Å². The van der Waals surface area contributed by atoms with Crippen molar-refractivity contribution in [3.8, 4) is 23.0 Å². The molecule has 0 aromatic heterocycles. The molecule has 3 amide bonds. The topological polar surface area (TPSA) is 137 Å². The van der Waals surface area contributed by atoms with Gasteiger partial charge in [-0.3, -0.25) is 24.6 Å². The average Bonchev–Trinajstić information content (AvgIpc) is 3.64. The zero-order chi connectivity index (χ0) is 27.1. The number of hydrogen-bond acceptors (Lipinski definition) is 8. The summed E-state index contributed by atoms with van der Waals surface area (Å²) in [6.07, 6.45) is 0.219. The standard InChI is InChI=1S/C28H22ClN3O7/c29-15-3-4-17-16(10-15)28(27(37)30-17)24-23(18(31-28)7-13-1-5-19(33)20(34)8-13)25(35)32(26(24)36)11-14-2-6-21-22(9-14)39-12-38-21/h1-6,8-10,18,23-24,31,33-34H,7,11-12H2,(H,30,37)/t18?,23-,24+,28?/m1/s1. The summed E-state index contributed by atoms with van der Waals surface area (Å²) in [5.41, 5.74) is 0.829. The largest absolute Gasteiger partial charge is 0.504 e. The van der Waals surface area contributed by atoms with Crippen LogP contribution in [-0.4, -0.2) is 45.7 Å². The lowest BCUT2D eigenvalue weighted by Gasteiger charge is -2.29. The summed E-state index contributed by atoms with van der Waals surface area (Å²) in [4.78, 5) is 42.9. The Kier molecular flexibility index (Phi) is 5.10. The predicted molar refractivity (Wildman–Crippen MR) is 137 cm³/mol. The van der Waals surface area contributed by atoms with E-state index < -0.39 is 41.1 Å². The Morgan fingerprint density at radius 2 is 1.72 bits per heavy atom. The first kappa shape index (κ1) is 23.8. The van der Waals surface area contributed by atoms with Crippen LogP contribution in [-0.2, 0) is 32.9 Å². The van der Waals surface area contributed by atoms with Crippen molar-refractivity contribution in [1.29, 1.82) is 0 Å². The van der Waals surface area contributed by atoms with Gasteiger partial charge in [0, 0.05) is 22.3 Å². The van der Waals surface area contributed by atoms with Gasteiger partial charge < -0.3 is 25.0 Å². The van der Waals surface area contributed by atoms with Gasteiger partial charge in [0.2, 0.25) is 24.5 Å². The Balaban J connectivity index is 1.30. The van der Waals surface area contributed by atoms with E-state index in [1.807, 2.05) is 0 Å². The molecule has 0 bridgehead atoms. The number of imide groups is 1. The molecule has 4 heterocycles. The molecule has 3 aromatic carbocycles. The molecule has 2 unspecified atom stereocenters. The second-order valence-corrected chi connectivity index (χ2v) is 10.6. The number of benzene rings is 3. The first-order valence-corrected chi connectivity index (χ1v) is 12.8. The molecule has 11 heteroatoms. The van der Waals surface area contributed by atoms with Crippen LogP contribution in [0.5, 0.6) is 23.0 Å². The molecule has 39 heavy (non-hydrogen) atoms. The van der Waals surface area contributed by atoms with Crippen LogP contribution >= 0.6 is 11.6 Å². The fraction of sp³-hybridized carbons (Fsp3) is 0.250. The lowest BCUT2D eigenvalue weighted by molar-refractivity contribution is -0.143. The number of phenolic OH excluding ortho intramolecular Hbond substituents is 2. The highest BCUT2D eigenvalue weighted by molar-refractivity contribution is 6.31. The van der Waals surface area contributed by atoms with Gasteiger partial charge in [-0.1, -0.05) is 23.7 Å². The lowest BCUT2D eigenvalue weighted by Crippen LogP contribution is -2.53. The van der Waals surface area contributed by atoms with E-state index in [-0.39, 0.29) is 31.3 Å². The van der Waals surface area contributed by atoms with Crippen molar-refractivity contribution in [3.05, 3.63) is 76.3 Å². The highest BCUT2D eigenvalue weighted by atomic mass is 35.5. The molecule has 0 radical (unpaired) electrons. The van der Waals surface area contributed by atoms with E-state index >= 15 is 0 Å². The fourth-order valence-electron chi connectivity index (χ4n) is 6.34. The summed E-state index contributed by atoms with van der Waals surface area (Å²) < 4.78 is 10.8. The molecule has 0 aliphatic carbocycles. The number of ether oxygens (including phenoxy) is 2. The minimum Gasteiger partial charge on any atom is -0.504 e. The molecule has 2 saturated heterocycles. The van der Waals surface area contributed by atoms with Crippen LogP contribution in [0.1, 0.15) is 16.7 Å². The quantitative estimate of drug-likeness (QED) is 0.289. The zero-order valence-corrected chi connectivity index (χ0v) is 21.1. The van der Waals surface area contributed by atoms with E-state index in [0.29, 0.717) is 38.9 Å². The predicted octanol–water partition coefficient (Wildman–Crippen LogP) is 2.64. The molecular weight excluding hydrogens is 526 g/mol. The molecule has 4 aliphatic rings. The maximum absolute atomic E-state index is 14.1. The average molecular weight is 548 g/mol. The van der Waals surface area contributed by atoms with Gasteiger partial charge >= 0.3 is 0 Å². The first-order valence-electron chi connectivity index (χ1n) is 12.4. The SMILES string of the molecule is O=C1[C@@H]2C(Cc3ccc(O)c(O)c3)NC3(C(=O)Nc4ccc(Cl)cc43)[C@@H]2C(=O)N1Cc1ccc2c(c1)OCO2. The Bertz CT molecular complexity index is 1590. The maximum atomic E-state index is 14.1. The van der Waals surface area contributed by atoms with Gasteiger partial charge in [0.1, 0.15) is 5.54 Å². The summed E-state index contributed by atoms with van der Waals surface area (Å²) in [7, 11) is 0. The number of carbonyl (C=O) groups excluding carboxylic acids is 3. The number of halogens is 1. The highest BCUT2D eigenvalue weighted by Gasteiger charge is 2.70. The Hall–Kier alpha value is -4.28. The molecule has 4 atom stereocenters. The first-order chi connectivity index (χ1) is 18.8. The highest BCUT2D eigenvalue weighted by Crippen LogP contribution is 2.54. The molecule has 0 saturated carbocycles. The van der Waals surface area contributed by atoms with Gasteiger partial charge in [-0.05, 0) is 60.0 Å². The smallest absolute Gasteiger partial charge is 0.250 e. The number of hydrogen-bond donors (Lipinski definition) is 4. The molecule has 3 aromatic rings. The number of nitrogens with one attached hydrogen (secondary N) is 2. The van der Waals surface area contributed by atoms with Gasteiger partial charge in [0.25, 0.3) is 0 Å². The van der Waals surface area contributed by atoms with E-state index in [0.717, 1.165) is 0 Å². The van der Waals surface area contributed by atoms with Crippen molar-refractivity contribution >= 4 is 35.0 Å². The third-order valence-electron chi connectivity index (χ3n) is 8.04. The summed E-state index contributed by atoms with van der Waals surface area (Å²) in [6.45, 7) is 0.110. The lowest BCUT2D eigenvalue weighted by atomic mass is 9.76. The summed E-state index contributed by atoms with van der Waals surface area (Å²) >= 11 is 6.32. The second kappa shape index (κ2) is 8.36. The van der Waals surface area contributed by atoms with Crippen LogP contribution < -0.4 is 20.1 Å². The third kappa shape index (κ3) is 3.41. The van der Waals surface area contributed by atoms with Crippen LogP contribution in [0.4, 0.5) is 5.69 Å². The number of nitrogens with zero attached hydrogens (tertiary/aromatic N) is 1. The van der Waals surface area contributed by atoms with Gasteiger partial charge in [-0.2, -0.15) is 0 Å². The van der Waals surface area contributed by atoms with Gasteiger partial charge in [-0.15, -0.1) is 0 Å². The van der Waals surface area contributed by atoms with E-state index in [1.165, 1.54) is 17.0 Å². The zero-order valence-electron chi connectivity index (χ0n) is 20.3. The Labute approximate surface area is 227 Å². The van der Waals surface area contributed by atoms with Gasteiger partial charge in [-0.25, -0.2) is 0 Å². The molecule has 4 aliphatic heterocycles. The van der Waals surface area contributed by atoms with E-state index in [1.54, 1.807) is 42.5 Å². The van der Waals surface area contributed by atoms with Crippen LogP contribution in [0.15, 0.2) is 54.6 Å². The Morgan fingerprint density at radius 1 is 0.923 bits per heavy atom. The number of amides is 3. The van der Waals surface area contributed by atoms with Gasteiger partial charge in [0.05, 0.1) is 18.4 Å². The number of phenols is 2. The van der Waals surface area contributed by atoms with E-state index in [4.69, 9.17) is 21.1 Å². The molecule has 4 N–H and O–H groups in total. The second-order valence-electron chi connectivity index (χ2n) is 10.2. The minimum atomic E-state index is -1.51. The monoisotopic (exact) mass is 547 g/mol. The van der Waals surface area contributed by atoms with Crippen molar-refractivity contribution in [2.24, 2.45) is 11.8 Å². The number of anilines is 1. The van der Waals surface area contributed by atoms with E-state index in [2.05, 4.69) is 10.6 Å². The number of rotatable bonds is 4. The number of likely N-dealkylation sites (tertiary alicyclic amines) is 1. The molecular formula is C28H22ClN3O7. The Morgan fingerprint density at radius 3 is 2.54 bits per heavy atom. The van der Waals surface area contributed by atoms with E-state index in [9.17, 15) is 24.6 Å². The minimum absolute atomic E-state index is 0.00806. The number of aromatic hydroxyl groups is 2. The van der Waals surface area contributed by atoms with Crippen LogP contribution in [0.3, 0.4) is 0 Å². The number of fused-ring (bicyclic) bond motifs is 5. The van der Waals surface area contributed by atoms with Gasteiger partial charge in [0.15, 0.2) is 23.0 Å². The van der Waals surface area contributed by atoms with Crippen LogP contribution in [0.2, 0.25) is 5.02 Å². The van der Waals surface area contributed by atoms with Crippen molar-refractivity contribution in [1.82, 2.24) is 10.2 Å². The summed E-state index contributed by atoms with van der Waals surface area (Å²) in [5.74, 6) is -2.62. The molecule has 1 spiro atoms. The summed E-state index contributed by atoms with van der Waals surface area (Å²) in [5, 5.41) is 26.4. The maximum Gasteiger partial charge on any atom is 0.250 e. The molecule has 2 fully saturated rings. The normalized spacial score (nSPS) is 26.3. The van der Waals surface area contributed by atoms with Crippen LogP contribution in [0.25, 0.3) is 0 Å². The molecule has 198 valence electrons. The summed E-state index contributed by atoms with van der Waals surface area (Å²) in [6, 6.07) is 14.0. The van der Waals surface area contributed by atoms with Crippen molar-refractivity contribution < 1.29 is 34.1 Å². The van der Waals surface area contributed by atoms with Crippen molar-refractivity contribution in [2.45, 2.75) is 24.5 Å². The third-order valence-corrected chi connectivity index (χ3v) is 8.28. The van der Waals surface area contributed by atoms with Crippen molar-refractivity contribution in [3.63, 3.8) is 0 Å². The fourth-order valence-corrected chi connectivity index (χ4v) is 6.51. The van der Waals surface area contributed by atoms with Crippen molar-refractivity contribution in [2.75, 3.05) is 12.1 Å². The number of carbonyl (C=O) groups is 3.